The van der Waals surface area contributed by atoms with Crippen LogP contribution >= 0.6 is 0 Å². The second-order valence-electron chi connectivity index (χ2n) is 10.5. The molecule has 2 aromatic carbocycles. The van der Waals surface area contributed by atoms with E-state index >= 15 is 0 Å². The van der Waals surface area contributed by atoms with Crippen LogP contribution < -0.4 is 11.1 Å². The van der Waals surface area contributed by atoms with Crippen LogP contribution in [0.25, 0.3) is 0 Å². The highest BCUT2D eigenvalue weighted by molar-refractivity contribution is 6.46. The molecule has 1 saturated heterocycles. The summed E-state index contributed by atoms with van der Waals surface area (Å²) in [6, 6.07) is 13.0. The van der Waals surface area contributed by atoms with Crippen LogP contribution in [-0.2, 0) is 23.9 Å². The summed E-state index contributed by atoms with van der Waals surface area (Å²) in [7, 11) is 0. The highest BCUT2D eigenvalue weighted by Crippen LogP contribution is 2.36. The number of ketones is 2. The molecule has 0 radical (unpaired) electrons. The van der Waals surface area contributed by atoms with E-state index in [2.05, 4.69) is 15.5 Å². The first-order valence-electron chi connectivity index (χ1n) is 13.8. The van der Waals surface area contributed by atoms with Gasteiger partial charge in [-0.15, -0.1) is 0 Å². The summed E-state index contributed by atoms with van der Waals surface area (Å²) >= 11 is 0. The van der Waals surface area contributed by atoms with Crippen LogP contribution in [0.1, 0.15) is 60.5 Å². The van der Waals surface area contributed by atoms with Crippen molar-refractivity contribution < 1.29 is 39.0 Å². The maximum absolute atomic E-state index is 13.0. The van der Waals surface area contributed by atoms with Crippen LogP contribution in [0.15, 0.2) is 58.7 Å². The number of para-hydroxylation sites is 1. The monoisotopic (exact) mass is 591 g/mol. The van der Waals surface area contributed by atoms with Crippen molar-refractivity contribution in [2.24, 2.45) is 21.8 Å². The van der Waals surface area contributed by atoms with Crippen molar-refractivity contribution in [3.63, 3.8) is 0 Å². The summed E-state index contributed by atoms with van der Waals surface area (Å²) in [5, 5.41) is 23.8. The third-order valence-electron chi connectivity index (χ3n) is 7.49. The van der Waals surface area contributed by atoms with Crippen molar-refractivity contribution in [2.45, 2.75) is 51.4 Å². The Morgan fingerprint density at radius 1 is 1.07 bits per heavy atom. The number of Topliss-reactive ketones (excluding diaryl/α,β-unsaturated/α-hetero) is 2. The number of nitrogens with zero attached hydrogens (tertiary/aromatic N) is 3. The van der Waals surface area contributed by atoms with Gasteiger partial charge in [-0.25, -0.2) is 9.79 Å². The number of aliphatic carboxylic acids is 1. The van der Waals surface area contributed by atoms with Gasteiger partial charge in [0.05, 0.1) is 17.7 Å². The second-order valence-corrected chi connectivity index (χ2v) is 10.5. The van der Waals surface area contributed by atoms with E-state index < -0.39 is 36.0 Å². The Bertz CT molecular complexity index is 1480. The number of carbonyl (C=O) groups excluding carboxylic acids is 4. The lowest BCUT2D eigenvalue weighted by Crippen LogP contribution is -2.50. The molecule has 3 unspecified atom stereocenters. The van der Waals surface area contributed by atoms with E-state index in [4.69, 9.17) is 15.7 Å². The van der Waals surface area contributed by atoms with Gasteiger partial charge in [0.2, 0.25) is 12.1 Å². The number of piperidine rings is 1. The maximum atomic E-state index is 13.0. The molecule has 5 N–H and O–H groups in total. The van der Waals surface area contributed by atoms with Gasteiger partial charge in [0.15, 0.2) is 11.6 Å². The number of likely N-dealkylation sites (tertiary alicyclic amines) is 1. The average Bonchev–Trinajstić information content (AvgIpc) is 3.40. The number of carbonyl (C=O) groups is 5. The largest absolute Gasteiger partial charge is 0.478 e. The fraction of sp³-hybridized carbons (Fsp3) is 0.367. The number of hydrogen-bond donors (Lipinski definition) is 4. The number of benzene rings is 2. The zero-order chi connectivity index (χ0) is 31.3. The van der Waals surface area contributed by atoms with Crippen LogP contribution in [0.3, 0.4) is 0 Å². The van der Waals surface area contributed by atoms with Gasteiger partial charge in [-0.3, -0.25) is 19.2 Å². The SMILES string of the molecule is CC(=O)C1C(C(=O)NC(OC2CCN(C(=O)C(C)CC(=O)c3ccc(/C(N)=N/O)cc3)CC2)C(=O)O)=Nc2ccccc21. The molecule has 2 aliphatic heterocycles. The molecule has 4 rings (SSSR count). The molecular formula is C30H33N5O8. The number of carboxylic acid groups (broad SMARTS) is 1. The van der Waals surface area contributed by atoms with Crippen LogP contribution in [0.4, 0.5) is 5.69 Å². The Labute approximate surface area is 247 Å². The molecule has 3 atom stereocenters. The second kappa shape index (κ2) is 13.4. The van der Waals surface area contributed by atoms with E-state index in [9.17, 15) is 29.1 Å². The van der Waals surface area contributed by atoms with Gasteiger partial charge in [-0.2, -0.15) is 0 Å². The van der Waals surface area contributed by atoms with Crippen LogP contribution in [-0.4, -0.2) is 81.5 Å². The Kier molecular flexibility index (Phi) is 9.66. The van der Waals surface area contributed by atoms with Gasteiger partial charge in [0, 0.05) is 36.6 Å². The Morgan fingerprint density at radius 2 is 1.70 bits per heavy atom. The van der Waals surface area contributed by atoms with E-state index in [-0.39, 0.29) is 48.5 Å². The number of nitrogens with one attached hydrogen (secondary N) is 1. The minimum Gasteiger partial charge on any atom is -0.478 e. The summed E-state index contributed by atoms with van der Waals surface area (Å²) < 4.78 is 5.70. The normalized spacial score (nSPS) is 18.3. The number of nitrogens with two attached hydrogens (primary N) is 1. The third kappa shape index (κ3) is 7.12. The van der Waals surface area contributed by atoms with Crippen molar-refractivity contribution in [1.29, 1.82) is 0 Å². The molecule has 2 aromatic rings. The molecule has 0 aliphatic carbocycles. The molecule has 13 heteroatoms. The van der Waals surface area contributed by atoms with Gasteiger partial charge in [-0.05, 0) is 31.4 Å². The number of fused-ring (bicyclic) bond motifs is 1. The van der Waals surface area contributed by atoms with Crippen LogP contribution in [0.5, 0.6) is 0 Å². The molecule has 13 nitrogen and oxygen atoms in total. The van der Waals surface area contributed by atoms with Crippen molar-refractivity contribution >= 4 is 46.6 Å². The minimum atomic E-state index is -1.68. The van der Waals surface area contributed by atoms with Gasteiger partial charge >= 0.3 is 5.97 Å². The third-order valence-corrected chi connectivity index (χ3v) is 7.49. The van der Waals surface area contributed by atoms with E-state index in [1.165, 1.54) is 6.92 Å². The standard InChI is InChI=1S/C30H33N5O8/c1-16(15-23(37)18-7-9-19(10-8-18)26(31)34-42)29(39)35-13-11-20(12-14-35)43-28(30(40)41)33-27(38)25-24(17(2)36)21-5-3-4-6-22(21)32-25/h3-10,16,20,24,28,42H,11-15H2,1-2H3,(H2,31,34)(H,33,38)(H,40,41). The zero-order valence-corrected chi connectivity index (χ0v) is 23.7. The summed E-state index contributed by atoms with van der Waals surface area (Å²) in [6.07, 6.45) is -1.60. The number of amides is 2. The van der Waals surface area contributed by atoms with Gasteiger partial charge in [0.25, 0.3) is 5.91 Å². The van der Waals surface area contributed by atoms with E-state index in [1.54, 1.807) is 60.4 Å². The van der Waals surface area contributed by atoms with Gasteiger partial charge < -0.3 is 31.0 Å². The van der Waals surface area contributed by atoms with Crippen molar-refractivity contribution in [1.82, 2.24) is 10.2 Å². The summed E-state index contributed by atoms with van der Waals surface area (Å²) in [5.74, 6) is -4.52. The molecule has 0 spiro atoms. The molecule has 0 saturated carbocycles. The lowest BCUT2D eigenvalue weighted by molar-refractivity contribution is -0.162. The van der Waals surface area contributed by atoms with Gasteiger partial charge in [-0.1, -0.05) is 54.5 Å². The molecular weight excluding hydrogens is 558 g/mol. The smallest absolute Gasteiger partial charge is 0.354 e. The number of oxime groups is 1. The molecule has 43 heavy (non-hydrogen) atoms. The minimum absolute atomic E-state index is 0.0136. The predicted molar refractivity (Wildman–Crippen MR) is 154 cm³/mol. The van der Waals surface area contributed by atoms with E-state index in [0.29, 0.717) is 35.2 Å². The first-order valence-corrected chi connectivity index (χ1v) is 13.8. The van der Waals surface area contributed by atoms with Crippen LogP contribution in [0.2, 0.25) is 0 Å². The van der Waals surface area contributed by atoms with Crippen LogP contribution in [0, 0.1) is 5.92 Å². The molecule has 2 aliphatic rings. The maximum Gasteiger partial charge on any atom is 0.354 e. The highest BCUT2D eigenvalue weighted by Gasteiger charge is 2.37. The summed E-state index contributed by atoms with van der Waals surface area (Å²) in [4.78, 5) is 68.9. The molecule has 2 heterocycles. The van der Waals surface area contributed by atoms with Crippen molar-refractivity contribution in [3.05, 3.63) is 65.2 Å². The molecule has 226 valence electrons. The quantitative estimate of drug-likeness (QED) is 0.0753. The summed E-state index contributed by atoms with van der Waals surface area (Å²) in [5.41, 5.74) is 7.36. The average molecular weight is 592 g/mol. The first kappa shape index (κ1) is 31.0. The molecule has 0 bridgehead atoms. The number of hydrogen-bond acceptors (Lipinski definition) is 9. The Morgan fingerprint density at radius 3 is 2.30 bits per heavy atom. The first-order chi connectivity index (χ1) is 20.5. The molecule has 1 fully saturated rings. The highest BCUT2D eigenvalue weighted by atomic mass is 16.5. The number of aliphatic imine (C=N–C) groups is 1. The topological polar surface area (TPSA) is 201 Å². The summed E-state index contributed by atoms with van der Waals surface area (Å²) in [6.45, 7) is 3.58. The number of rotatable bonds is 11. The number of carboxylic acids is 1. The number of ether oxygens (including phenoxy) is 1. The number of amidine groups is 1. The lowest BCUT2D eigenvalue weighted by Gasteiger charge is -2.34. The Hall–Kier alpha value is -4.91. The molecule has 0 aromatic heterocycles. The van der Waals surface area contributed by atoms with Crippen molar-refractivity contribution in [3.8, 4) is 0 Å². The fourth-order valence-corrected chi connectivity index (χ4v) is 5.20. The Balaban J connectivity index is 1.29. The van der Waals surface area contributed by atoms with E-state index in [0.717, 1.165) is 0 Å². The van der Waals surface area contributed by atoms with Crippen molar-refractivity contribution in [2.75, 3.05) is 13.1 Å². The fourth-order valence-electron chi connectivity index (χ4n) is 5.20. The lowest BCUT2D eigenvalue weighted by atomic mass is 9.92. The zero-order valence-electron chi connectivity index (χ0n) is 23.7. The van der Waals surface area contributed by atoms with E-state index in [1.807, 2.05) is 0 Å². The predicted octanol–water partition coefficient (Wildman–Crippen LogP) is 1.98. The molecule has 2 amide bonds. The van der Waals surface area contributed by atoms with Gasteiger partial charge in [0.1, 0.15) is 11.5 Å².